The molecule has 0 fully saturated rings. The lowest BCUT2D eigenvalue weighted by molar-refractivity contribution is -0.120. The maximum atomic E-state index is 11.8. The Morgan fingerprint density at radius 1 is 1.00 bits per heavy atom. The first-order valence-corrected chi connectivity index (χ1v) is 7.44. The molecule has 0 atom stereocenters. The number of benzene rings is 2. The van der Waals surface area contributed by atoms with Crippen LogP contribution >= 0.6 is 11.8 Å². The molecule has 2 nitrogen and oxygen atoms in total. The Morgan fingerprint density at radius 2 is 1.68 bits per heavy atom. The zero-order valence-electron chi connectivity index (χ0n) is 10.9. The zero-order chi connectivity index (χ0) is 13.5. The van der Waals surface area contributed by atoms with Crippen LogP contribution in [0, 0.1) is 0 Å². The second-order valence-corrected chi connectivity index (χ2v) is 5.17. The van der Waals surface area contributed by atoms with Crippen molar-refractivity contribution in [1.82, 2.24) is 5.32 Å². The highest BCUT2D eigenvalue weighted by molar-refractivity contribution is 7.98. The van der Waals surface area contributed by atoms with E-state index in [0.29, 0.717) is 13.0 Å². The molecule has 0 aliphatic carbocycles. The molecule has 1 N–H and O–H groups in total. The van der Waals surface area contributed by atoms with E-state index in [1.54, 1.807) is 11.8 Å². The average Bonchev–Trinajstić information content (AvgIpc) is 2.47. The van der Waals surface area contributed by atoms with Gasteiger partial charge in [0.05, 0.1) is 6.42 Å². The molecule has 98 valence electrons. The molecule has 0 heterocycles. The monoisotopic (exact) mass is 271 g/mol. The Bertz CT molecular complexity index is 522. The quantitative estimate of drug-likeness (QED) is 0.846. The normalized spacial score (nSPS) is 10.2. The lowest BCUT2D eigenvalue weighted by Crippen LogP contribution is -2.24. The van der Waals surface area contributed by atoms with Gasteiger partial charge in [0.1, 0.15) is 0 Å². The summed E-state index contributed by atoms with van der Waals surface area (Å²) in [6.07, 6.45) is 2.48. The molecular formula is C16H17NOS. The molecule has 0 saturated heterocycles. The van der Waals surface area contributed by atoms with E-state index in [-0.39, 0.29) is 5.91 Å². The highest BCUT2D eigenvalue weighted by atomic mass is 32.2. The van der Waals surface area contributed by atoms with Crippen molar-refractivity contribution in [3.63, 3.8) is 0 Å². The number of rotatable bonds is 5. The van der Waals surface area contributed by atoms with Crippen LogP contribution in [-0.4, -0.2) is 12.2 Å². The number of amides is 1. The minimum absolute atomic E-state index is 0.0563. The first kappa shape index (κ1) is 13.7. The Hall–Kier alpha value is -1.74. The van der Waals surface area contributed by atoms with E-state index >= 15 is 0 Å². The molecule has 0 spiro atoms. The number of carbonyl (C=O) groups is 1. The van der Waals surface area contributed by atoms with E-state index in [4.69, 9.17) is 0 Å². The van der Waals surface area contributed by atoms with Gasteiger partial charge in [0.2, 0.25) is 5.91 Å². The lowest BCUT2D eigenvalue weighted by Gasteiger charge is -2.06. The first-order chi connectivity index (χ1) is 9.28. The van der Waals surface area contributed by atoms with Gasteiger partial charge >= 0.3 is 0 Å². The van der Waals surface area contributed by atoms with Crippen molar-refractivity contribution in [2.75, 3.05) is 6.26 Å². The standard InChI is InChI=1S/C16H17NOS/c1-19-15-9-7-13(8-10-15)11-16(18)17-12-14-5-3-2-4-6-14/h2-10H,11-12H2,1H3,(H,17,18). The van der Waals surface area contributed by atoms with E-state index in [1.807, 2.05) is 60.9 Å². The third-order valence-corrected chi connectivity index (χ3v) is 3.60. The van der Waals surface area contributed by atoms with Crippen LogP contribution in [-0.2, 0) is 17.8 Å². The molecule has 0 radical (unpaired) electrons. The molecule has 3 heteroatoms. The van der Waals surface area contributed by atoms with Gasteiger partial charge in [-0.2, -0.15) is 0 Å². The van der Waals surface area contributed by atoms with E-state index in [0.717, 1.165) is 11.1 Å². The van der Waals surface area contributed by atoms with Crippen molar-refractivity contribution in [3.8, 4) is 0 Å². The molecule has 2 aromatic carbocycles. The van der Waals surface area contributed by atoms with E-state index in [9.17, 15) is 4.79 Å². The summed E-state index contributed by atoms with van der Waals surface area (Å²) in [5, 5.41) is 2.93. The van der Waals surface area contributed by atoms with Crippen molar-refractivity contribution >= 4 is 17.7 Å². The van der Waals surface area contributed by atoms with E-state index in [1.165, 1.54) is 4.90 Å². The molecule has 1 amide bonds. The lowest BCUT2D eigenvalue weighted by atomic mass is 10.1. The molecule has 19 heavy (non-hydrogen) atoms. The van der Waals surface area contributed by atoms with Gasteiger partial charge in [-0.3, -0.25) is 4.79 Å². The van der Waals surface area contributed by atoms with Gasteiger partial charge in [-0.25, -0.2) is 0 Å². The Morgan fingerprint density at radius 3 is 2.32 bits per heavy atom. The van der Waals surface area contributed by atoms with Gasteiger partial charge in [-0.15, -0.1) is 11.8 Å². The largest absolute Gasteiger partial charge is 0.352 e. The fraction of sp³-hybridized carbons (Fsp3) is 0.188. The summed E-state index contributed by atoms with van der Waals surface area (Å²) in [4.78, 5) is 13.0. The van der Waals surface area contributed by atoms with Crippen LogP contribution in [0.25, 0.3) is 0 Å². The van der Waals surface area contributed by atoms with Crippen molar-refractivity contribution in [3.05, 3.63) is 65.7 Å². The molecular weight excluding hydrogens is 254 g/mol. The van der Waals surface area contributed by atoms with Gasteiger partial charge in [-0.1, -0.05) is 42.5 Å². The first-order valence-electron chi connectivity index (χ1n) is 6.21. The molecule has 0 saturated carbocycles. The van der Waals surface area contributed by atoms with Crippen LogP contribution in [0.1, 0.15) is 11.1 Å². The number of carbonyl (C=O) groups excluding carboxylic acids is 1. The maximum Gasteiger partial charge on any atom is 0.224 e. The minimum atomic E-state index is 0.0563. The van der Waals surface area contributed by atoms with Crippen LogP contribution in [0.15, 0.2) is 59.5 Å². The number of hydrogen-bond donors (Lipinski definition) is 1. The van der Waals surface area contributed by atoms with Gasteiger partial charge < -0.3 is 5.32 Å². The highest BCUT2D eigenvalue weighted by Gasteiger charge is 2.03. The van der Waals surface area contributed by atoms with Crippen LogP contribution < -0.4 is 5.32 Å². The molecule has 0 bridgehead atoms. The smallest absolute Gasteiger partial charge is 0.224 e. The highest BCUT2D eigenvalue weighted by Crippen LogP contribution is 2.15. The average molecular weight is 271 g/mol. The van der Waals surface area contributed by atoms with Crippen LogP contribution in [0.4, 0.5) is 0 Å². The topological polar surface area (TPSA) is 29.1 Å². The maximum absolute atomic E-state index is 11.8. The second-order valence-electron chi connectivity index (χ2n) is 4.29. The number of thioether (sulfide) groups is 1. The third-order valence-electron chi connectivity index (χ3n) is 2.86. The molecule has 0 unspecified atom stereocenters. The number of hydrogen-bond acceptors (Lipinski definition) is 2. The van der Waals surface area contributed by atoms with E-state index in [2.05, 4.69) is 5.32 Å². The fourth-order valence-electron chi connectivity index (χ4n) is 1.79. The summed E-state index contributed by atoms with van der Waals surface area (Å²) in [6, 6.07) is 18.0. The predicted molar refractivity (Wildman–Crippen MR) is 80.2 cm³/mol. The summed E-state index contributed by atoms with van der Waals surface area (Å²) >= 11 is 1.70. The molecule has 2 rings (SSSR count). The summed E-state index contributed by atoms with van der Waals surface area (Å²) < 4.78 is 0. The van der Waals surface area contributed by atoms with Crippen LogP contribution in [0.2, 0.25) is 0 Å². The van der Waals surface area contributed by atoms with Gasteiger partial charge in [0.15, 0.2) is 0 Å². The molecule has 2 aromatic rings. The summed E-state index contributed by atoms with van der Waals surface area (Å²) in [5.74, 6) is 0.0563. The van der Waals surface area contributed by atoms with E-state index < -0.39 is 0 Å². The summed E-state index contributed by atoms with van der Waals surface area (Å²) in [7, 11) is 0. The van der Waals surface area contributed by atoms with Gasteiger partial charge in [0.25, 0.3) is 0 Å². The van der Waals surface area contributed by atoms with Gasteiger partial charge in [-0.05, 0) is 29.5 Å². The van der Waals surface area contributed by atoms with Crippen molar-refractivity contribution in [2.24, 2.45) is 0 Å². The second kappa shape index (κ2) is 7.00. The Balaban J connectivity index is 1.83. The van der Waals surface area contributed by atoms with Crippen LogP contribution in [0.5, 0.6) is 0 Å². The van der Waals surface area contributed by atoms with Crippen molar-refractivity contribution < 1.29 is 4.79 Å². The fourth-order valence-corrected chi connectivity index (χ4v) is 2.20. The Labute approximate surface area is 118 Å². The van der Waals surface area contributed by atoms with Crippen molar-refractivity contribution in [1.29, 1.82) is 0 Å². The van der Waals surface area contributed by atoms with Gasteiger partial charge in [0, 0.05) is 11.4 Å². The number of nitrogens with one attached hydrogen (secondary N) is 1. The van der Waals surface area contributed by atoms with Crippen LogP contribution in [0.3, 0.4) is 0 Å². The Kier molecular flexibility index (Phi) is 5.04. The molecule has 0 aliphatic heterocycles. The summed E-state index contributed by atoms with van der Waals surface area (Å²) in [5.41, 5.74) is 2.16. The third kappa shape index (κ3) is 4.45. The zero-order valence-corrected chi connectivity index (χ0v) is 11.7. The molecule has 0 aromatic heterocycles. The van der Waals surface area contributed by atoms with Crippen molar-refractivity contribution in [2.45, 2.75) is 17.9 Å². The SMILES string of the molecule is CSc1ccc(CC(=O)NCc2ccccc2)cc1. The predicted octanol–water partition coefficient (Wildman–Crippen LogP) is 3.27. The summed E-state index contributed by atoms with van der Waals surface area (Å²) in [6.45, 7) is 0.586. The molecule has 0 aliphatic rings. The minimum Gasteiger partial charge on any atom is -0.352 e.